The van der Waals surface area contributed by atoms with E-state index in [1.165, 1.54) is 0 Å². The van der Waals surface area contributed by atoms with Crippen LogP contribution in [0.3, 0.4) is 0 Å². The Morgan fingerprint density at radius 3 is 0.778 bits per heavy atom. The molecule has 0 unspecified atom stereocenters. The second-order valence-electron chi connectivity index (χ2n) is 22.3. The Morgan fingerprint density at radius 2 is 0.506 bits per heavy atom. The van der Waals surface area contributed by atoms with Gasteiger partial charge in [0, 0.05) is 0 Å². The zero-order valence-electron chi connectivity index (χ0n) is 45.3. The maximum Gasteiger partial charge on any atom is 0.164 e. The number of fused-ring (bicyclic) bond motifs is 12. The first-order valence-electron chi connectivity index (χ1n) is 28.2. The summed E-state index contributed by atoms with van der Waals surface area (Å²) in [6.07, 6.45) is -1.90. The largest absolute Gasteiger partial charge is 0.358 e. The van der Waals surface area contributed by atoms with Crippen molar-refractivity contribution >= 4 is 86.2 Å². The number of benzene rings is 14. The lowest BCUT2D eigenvalue weighted by Gasteiger charge is -2.48. The Bertz CT molecular complexity index is 4180. The molecule has 0 aromatic heterocycles. The molecule has 0 N–H and O–H groups in total. The number of hydrogen-bond acceptors (Lipinski definition) is 4. The highest BCUT2D eigenvalue weighted by Crippen LogP contribution is 2.59. The van der Waals surface area contributed by atoms with Crippen LogP contribution in [-0.4, -0.2) is 18.0 Å². The van der Waals surface area contributed by atoms with E-state index < -0.39 is 29.2 Å². The molecule has 0 bridgehead atoms. The van der Waals surface area contributed by atoms with Gasteiger partial charge in [-0.25, -0.2) is 0 Å². The van der Waals surface area contributed by atoms with Gasteiger partial charge < -0.3 is 18.9 Å². The lowest BCUT2D eigenvalue weighted by atomic mass is 9.68. The van der Waals surface area contributed by atoms with Gasteiger partial charge in [-0.2, -0.15) is 0 Å². The molecule has 15 rings (SSSR count). The topological polar surface area (TPSA) is 36.9 Å². The molecule has 0 spiro atoms. The van der Waals surface area contributed by atoms with Gasteiger partial charge in [0.05, 0.1) is 13.2 Å². The van der Waals surface area contributed by atoms with E-state index in [2.05, 4.69) is 293 Å². The zero-order chi connectivity index (χ0) is 54.1. The summed E-state index contributed by atoms with van der Waals surface area (Å²) in [6.45, 7) is 4.62. The maximum absolute atomic E-state index is 8.39. The molecule has 1 heterocycles. The van der Waals surface area contributed by atoms with Gasteiger partial charge in [-0.1, -0.05) is 255 Å². The third-order valence-corrected chi connectivity index (χ3v) is 17.2. The Balaban J connectivity index is 1.16. The Kier molecular flexibility index (Phi) is 11.9. The molecule has 0 radical (unpaired) electrons. The summed E-state index contributed by atoms with van der Waals surface area (Å²) in [5.74, 6) is -1.21. The molecule has 1 fully saturated rings. The predicted molar refractivity (Wildman–Crippen MR) is 334 cm³/mol. The van der Waals surface area contributed by atoms with Crippen molar-refractivity contribution in [2.45, 2.75) is 56.3 Å². The fraction of sp³-hybridized carbons (Fsp3) is 0.117. The Hall–Kier alpha value is -9.00. The summed E-state index contributed by atoms with van der Waals surface area (Å²) in [5, 5.41) is 17.7. The van der Waals surface area contributed by atoms with Crippen molar-refractivity contribution in [1.29, 1.82) is 0 Å². The van der Waals surface area contributed by atoms with Crippen molar-refractivity contribution in [1.82, 2.24) is 0 Å². The molecule has 0 saturated carbocycles. The van der Waals surface area contributed by atoms with Crippen LogP contribution < -0.4 is 0 Å². The van der Waals surface area contributed by atoms with Gasteiger partial charge in [-0.05, 0) is 158 Å². The molecule has 1 aliphatic heterocycles. The van der Waals surface area contributed by atoms with E-state index in [1.807, 2.05) is 0 Å². The molecule has 14 aromatic rings. The molecule has 1 aliphatic rings. The first-order chi connectivity index (χ1) is 39.9. The SMILES string of the molecule is CC1(C)O[C@@H](C(OCc2ccccc2)(c2cc3ccccc3c3ccccc23)c2cc3ccccc3c3ccccc23)[C@H](C(OCc2ccccc2)(c2cc3ccccc3c3ccccc23)c2cc3ccccc3c3ccccc23)O1. The average molecular weight is 1050 g/mol. The van der Waals surface area contributed by atoms with E-state index in [9.17, 15) is 0 Å². The molecule has 14 aromatic carbocycles. The van der Waals surface area contributed by atoms with Gasteiger partial charge in [0.15, 0.2) is 5.79 Å². The average Bonchev–Trinajstić information content (AvgIpc) is 2.99. The molecule has 4 heteroatoms. The van der Waals surface area contributed by atoms with Crippen LogP contribution >= 0.6 is 0 Å². The molecule has 1 saturated heterocycles. The number of rotatable bonds is 12. The summed E-state index contributed by atoms with van der Waals surface area (Å²) >= 11 is 0. The summed E-state index contributed by atoms with van der Waals surface area (Å²) in [7, 11) is 0. The summed E-state index contributed by atoms with van der Waals surface area (Å²) < 4.78 is 33.0. The van der Waals surface area contributed by atoms with Crippen molar-refractivity contribution in [2.24, 2.45) is 0 Å². The van der Waals surface area contributed by atoms with Crippen molar-refractivity contribution in [3.63, 3.8) is 0 Å². The third kappa shape index (κ3) is 8.04. The maximum atomic E-state index is 8.39. The molecule has 4 nitrogen and oxygen atoms in total. The Morgan fingerprint density at radius 1 is 0.284 bits per heavy atom. The van der Waals surface area contributed by atoms with E-state index in [0.717, 1.165) is 120 Å². The van der Waals surface area contributed by atoms with Gasteiger partial charge >= 0.3 is 0 Å². The molecule has 0 amide bonds. The first kappa shape index (κ1) is 49.1. The van der Waals surface area contributed by atoms with Crippen molar-refractivity contribution < 1.29 is 18.9 Å². The quantitative estimate of drug-likeness (QED) is 0.114. The highest BCUT2D eigenvalue weighted by atomic mass is 16.8. The van der Waals surface area contributed by atoms with Crippen LogP contribution in [0.2, 0.25) is 0 Å². The van der Waals surface area contributed by atoms with Gasteiger partial charge in [-0.15, -0.1) is 0 Å². The van der Waals surface area contributed by atoms with Crippen molar-refractivity contribution in [3.05, 3.63) is 312 Å². The van der Waals surface area contributed by atoms with E-state index in [0.29, 0.717) is 0 Å². The fourth-order valence-corrected chi connectivity index (χ4v) is 13.7. The lowest BCUT2D eigenvalue weighted by molar-refractivity contribution is -0.182. The van der Waals surface area contributed by atoms with Gasteiger partial charge in [0.2, 0.25) is 0 Å². The number of hydrogen-bond donors (Lipinski definition) is 0. The monoisotopic (exact) mass is 1050 g/mol. The van der Waals surface area contributed by atoms with E-state index in [4.69, 9.17) is 18.9 Å². The van der Waals surface area contributed by atoms with Gasteiger partial charge in [0.1, 0.15) is 23.4 Å². The minimum Gasteiger partial charge on any atom is -0.358 e. The summed E-state index contributed by atoms with van der Waals surface area (Å²) in [6, 6.07) is 101. The standard InChI is InChI=1S/C77H58O4/c1-75(2)80-73(76(78-49-51-25-5-3-6-26-51,69-45-53-29-9-13-33-57(53)61-37-17-21-41-65(61)69)70-46-54-30-10-14-34-58(54)62-38-18-22-42-66(62)70)74(81-75)77(79-50-52-27-7-4-8-28-52,71-47-55-31-11-15-35-59(55)63-39-19-23-43-67(63)71)72-48-56-32-12-16-36-60(56)64-40-20-24-44-68(64)72/h3-48,73-74H,49-50H2,1-2H3/t73-,74-/m1/s1. The lowest BCUT2D eigenvalue weighted by Crippen LogP contribution is -2.57. The van der Waals surface area contributed by atoms with Crippen LogP contribution in [0, 0.1) is 0 Å². The van der Waals surface area contributed by atoms with Crippen LogP contribution in [-0.2, 0) is 43.4 Å². The van der Waals surface area contributed by atoms with Gasteiger partial charge in [-0.3, -0.25) is 0 Å². The summed E-state index contributed by atoms with van der Waals surface area (Å²) in [4.78, 5) is 0. The Labute approximate surface area is 471 Å². The second-order valence-corrected chi connectivity index (χ2v) is 22.3. The second kappa shape index (κ2) is 19.7. The van der Waals surface area contributed by atoms with E-state index in [-0.39, 0.29) is 13.2 Å². The van der Waals surface area contributed by atoms with Crippen LogP contribution in [0.4, 0.5) is 0 Å². The van der Waals surface area contributed by atoms with Crippen LogP contribution in [0.25, 0.3) is 86.2 Å². The van der Waals surface area contributed by atoms with Crippen LogP contribution in [0.1, 0.15) is 47.2 Å². The predicted octanol–water partition coefficient (Wildman–Crippen LogP) is 19.1. The third-order valence-electron chi connectivity index (χ3n) is 17.2. The van der Waals surface area contributed by atoms with Crippen LogP contribution in [0.15, 0.2) is 279 Å². The number of ether oxygens (including phenoxy) is 4. The molecule has 2 atom stereocenters. The van der Waals surface area contributed by atoms with Crippen molar-refractivity contribution in [2.75, 3.05) is 0 Å². The highest BCUT2D eigenvalue weighted by Gasteiger charge is 2.64. The minimum atomic E-state index is -1.47. The molecule has 0 aliphatic carbocycles. The smallest absolute Gasteiger partial charge is 0.164 e. The molecular formula is C77H58O4. The fourth-order valence-electron chi connectivity index (χ4n) is 13.7. The molecule has 81 heavy (non-hydrogen) atoms. The van der Waals surface area contributed by atoms with E-state index >= 15 is 0 Å². The van der Waals surface area contributed by atoms with Crippen LogP contribution in [0.5, 0.6) is 0 Å². The van der Waals surface area contributed by atoms with Gasteiger partial charge in [0.25, 0.3) is 0 Å². The molecule has 390 valence electrons. The van der Waals surface area contributed by atoms with Crippen molar-refractivity contribution in [3.8, 4) is 0 Å². The zero-order valence-corrected chi connectivity index (χ0v) is 45.3. The highest BCUT2D eigenvalue weighted by molar-refractivity contribution is 6.14. The normalized spacial score (nSPS) is 15.7. The minimum absolute atomic E-state index is 0.242. The van der Waals surface area contributed by atoms with E-state index in [1.54, 1.807) is 0 Å². The summed E-state index contributed by atoms with van der Waals surface area (Å²) in [5.41, 5.74) is 2.98. The first-order valence-corrected chi connectivity index (χ1v) is 28.2. The molecular weight excluding hydrogens is 989 g/mol.